The minimum absolute atomic E-state index is 0.213. The van der Waals surface area contributed by atoms with Gasteiger partial charge in [0, 0.05) is 19.3 Å². The van der Waals surface area contributed by atoms with Crippen molar-refractivity contribution in [3.05, 3.63) is 23.4 Å². The third-order valence-electron chi connectivity index (χ3n) is 3.59. The van der Waals surface area contributed by atoms with Crippen molar-refractivity contribution in [2.75, 3.05) is 38.7 Å². The number of unbranched alkanes of at least 4 members (excludes halogenated alkanes) is 1. The van der Waals surface area contributed by atoms with E-state index in [9.17, 15) is 4.39 Å². The number of anilines is 1. The third-order valence-corrected chi connectivity index (χ3v) is 3.59. The predicted octanol–water partition coefficient (Wildman–Crippen LogP) is 3.11. The first kappa shape index (κ1) is 18.8. The van der Waals surface area contributed by atoms with Crippen LogP contribution in [0.5, 0.6) is 0 Å². The molecule has 0 fully saturated rings. The molecule has 1 unspecified atom stereocenters. The summed E-state index contributed by atoms with van der Waals surface area (Å²) in [6, 6.07) is 4.21. The Labute approximate surface area is 133 Å². The summed E-state index contributed by atoms with van der Waals surface area (Å²) in [5, 5.41) is 6.43. The van der Waals surface area contributed by atoms with Gasteiger partial charge >= 0.3 is 0 Å². The van der Waals surface area contributed by atoms with E-state index in [4.69, 9.17) is 4.74 Å². The Bertz CT molecular complexity index is 415. The molecule has 1 heterocycles. The molecule has 1 atom stereocenters. The molecular formula is C17H30FN3O. The van der Waals surface area contributed by atoms with Crippen LogP contribution in [0.4, 0.5) is 10.2 Å². The predicted molar refractivity (Wildman–Crippen MR) is 90.3 cm³/mol. The highest BCUT2D eigenvalue weighted by Crippen LogP contribution is 2.12. The van der Waals surface area contributed by atoms with Crippen LogP contribution in [-0.4, -0.2) is 44.5 Å². The topological polar surface area (TPSA) is 46.2 Å². The van der Waals surface area contributed by atoms with E-state index in [1.807, 2.05) is 14.0 Å². The monoisotopic (exact) mass is 311 g/mol. The lowest BCUT2D eigenvalue weighted by atomic mass is 10.1. The summed E-state index contributed by atoms with van der Waals surface area (Å²) < 4.78 is 18.1. The zero-order chi connectivity index (χ0) is 16.2. The van der Waals surface area contributed by atoms with Crippen molar-refractivity contribution >= 4 is 5.82 Å². The molecule has 0 spiro atoms. The highest BCUT2D eigenvalue weighted by atomic mass is 19.1. The Morgan fingerprint density at radius 3 is 2.82 bits per heavy atom. The molecule has 0 radical (unpaired) electrons. The van der Waals surface area contributed by atoms with E-state index in [0.717, 1.165) is 43.9 Å². The highest BCUT2D eigenvalue weighted by Gasteiger charge is 2.02. The molecule has 0 amide bonds. The maximum absolute atomic E-state index is 12.9. The van der Waals surface area contributed by atoms with Gasteiger partial charge in [-0.25, -0.2) is 9.37 Å². The zero-order valence-corrected chi connectivity index (χ0v) is 14.1. The lowest BCUT2D eigenvalue weighted by molar-refractivity contribution is 0.0808. The molecule has 0 saturated carbocycles. The van der Waals surface area contributed by atoms with E-state index in [-0.39, 0.29) is 6.61 Å². The largest absolute Gasteiger partial charge is 0.377 e. The minimum atomic E-state index is -0.829. The molecule has 1 aromatic rings. The number of alkyl halides is 1. The maximum atomic E-state index is 12.9. The number of pyridine rings is 1. The summed E-state index contributed by atoms with van der Waals surface area (Å²) in [6.07, 6.45) is 2.90. The second-order valence-electron chi connectivity index (χ2n) is 5.51. The summed E-state index contributed by atoms with van der Waals surface area (Å²) >= 11 is 0. The van der Waals surface area contributed by atoms with Crippen LogP contribution < -0.4 is 10.6 Å². The number of aryl methyl sites for hydroxylation is 2. The normalized spacial score (nSPS) is 12.4. The molecule has 126 valence electrons. The molecule has 5 heteroatoms. The van der Waals surface area contributed by atoms with Crippen LogP contribution >= 0.6 is 0 Å². The smallest absolute Gasteiger partial charge is 0.128 e. The molecule has 0 bridgehead atoms. The number of ether oxygens (including phenoxy) is 1. The first-order chi connectivity index (χ1) is 10.7. The molecule has 1 rings (SSSR count). The fourth-order valence-corrected chi connectivity index (χ4v) is 2.12. The Morgan fingerprint density at radius 1 is 1.27 bits per heavy atom. The van der Waals surface area contributed by atoms with Crippen molar-refractivity contribution in [3.8, 4) is 0 Å². The second kappa shape index (κ2) is 11.4. The van der Waals surface area contributed by atoms with Crippen LogP contribution in [0.1, 0.15) is 37.4 Å². The first-order valence-electron chi connectivity index (χ1n) is 8.24. The fourth-order valence-electron chi connectivity index (χ4n) is 2.12. The van der Waals surface area contributed by atoms with E-state index >= 15 is 0 Å². The van der Waals surface area contributed by atoms with Gasteiger partial charge in [-0.3, -0.25) is 0 Å². The molecular weight excluding hydrogens is 281 g/mol. The van der Waals surface area contributed by atoms with Gasteiger partial charge in [0.05, 0.1) is 13.2 Å². The van der Waals surface area contributed by atoms with Gasteiger partial charge in [0.15, 0.2) is 0 Å². The first-order valence-corrected chi connectivity index (χ1v) is 8.24. The summed E-state index contributed by atoms with van der Waals surface area (Å²) in [6.45, 7) is 6.41. The molecule has 0 aliphatic carbocycles. The van der Waals surface area contributed by atoms with Gasteiger partial charge < -0.3 is 15.4 Å². The van der Waals surface area contributed by atoms with Crippen molar-refractivity contribution < 1.29 is 9.13 Å². The van der Waals surface area contributed by atoms with Crippen molar-refractivity contribution in [1.29, 1.82) is 0 Å². The SMILES string of the molecule is CCC(F)COCCNCCCCc1ccc(C)c(NC)n1. The van der Waals surface area contributed by atoms with Gasteiger partial charge in [-0.05, 0) is 50.8 Å². The Hall–Kier alpha value is -1.20. The molecule has 0 aromatic carbocycles. The molecule has 22 heavy (non-hydrogen) atoms. The van der Waals surface area contributed by atoms with Gasteiger partial charge in [0.1, 0.15) is 12.0 Å². The van der Waals surface area contributed by atoms with Gasteiger partial charge in [0.2, 0.25) is 0 Å². The summed E-state index contributed by atoms with van der Waals surface area (Å²) in [5.74, 6) is 0.964. The number of aromatic nitrogens is 1. The number of rotatable bonds is 12. The Balaban J connectivity index is 2.02. The molecule has 2 N–H and O–H groups in total. The van der Waals surface area contributed by atoms with Crippen LogP contribution in [0.3, 0.4) is 0 Å². The summed E-state index contributed by atoms with van der Waals surface area (Å²) in [7, 11) is 1.90. The average molecular weight is 311 g/mol. The standard InChI is InChI=1S/C17H30FN3O/c1-4-15(18)13-22-12-11-20-10-6-5-7-16-9-8-14(2)17(19-3)21-16/h8-9,15,20H,4-7,10-13H2,1-3H3,(H,19,21). The van der Waals surface area contributed by atoms with E-state index in [1.165, 1.54) is 5.56 Å². The van der Waals surface area contributed by atoms with Crippen molar-refractivity contribution in [1.82, 2.24) is 10.3 Å². The van der Waals surface area contributed by atoms with Crippen LogP contribution in [-0.2, 0) is 11.2 Å². The fraction of sp³-hybridized carbons (Fsp3) is 0.706. The van der Waals surface area contributed by atoms with Crippen LogP contribution in [0.25, 0.3) is 0 Å². The Morgan fingerprint density at radius 2 is 2.09 bits per heavy atom. The highest BCUT2D eigenvalue weighted by molar-refractivity contribution is 5.43. The van der Waals surface area contributed by atoms with Crippen molar-refractivity contribution in [3.63, 3.8) is 0 Å². The number of hydrogen-bond donors (Lipinski definition) is 2. The average Bonchev–Trinajstić information content (AvgIpc) is 2.54. The van der Waals surface area contributed by atoms with E-state index in [1.54, 1.807) is 0 Å². The minimum Gasteiger partial charge on any atom is -0.377 e. The second-order valence-corrected chi connectivity index (χ2v) is 5.51. The van der Waals surface area contributed by atoms with Crippen LogP contribution in [0.2, 0.25) is 0 Å². The van der Waals surface area contributed by atoms with Gasteiger partial charge in [-0.1, -0.05) is 13.0 Å². The summed E-state index contributed by atoms with van der Waals surface area (Å²) in [4.78, 5) is 4.59. The lowest BCUT2D eigenvalue weighted by Gasteiger charge is -2.09. The summed E-state index contributed by atoms with van der Waals surface area (Å²) in [5.41, 5.74) is 2.30. The van der Waals surface area contributed by atoms with Crippen molar-refractivity contribution in [2.45, 2.75) is 45.7 Å². The molecule has 1 aromatic heterocycles. The van der Waals surface area contributed by atoms with E-state index in [2.05, 4.69) is 34.7 Å². The quantitative estimate of drug-likeness (QED) is 0.582. The Kier molecular flexibility index (Phi) is 9.75. The lowest BCUT2D eigenvalue weighted by Crippen LogP contribution is -2.22. The van der Waals surface area contributed by atoms with E-state index < -0.39 is 6.17 Å². The molecule has 0 saturated heterocycles. The van der Waals surface area contributed by atoms with Crippen LogP contribution in [0, 0.1) is 6.92 Å². The van der Waals surface area contributed by atoms with E-state index in [0.29, 0.717) is 13.0 Å². The van der Waals surface area contributed by atoms with Gasteiger partial charge in [-0.2, -0.15) is 0 Å². The number of nitrogens with zero attached hydrogens (tertiary/aromatic N) is 1. The van der Waals surface area contributed by atoms with Gasteiger partial charge in [0.25, 0.3) is 0 Å². The molecule has 4 nitrogen and oxygen atoms in total. The zero-order valence-electron chi connectivity index (χ0n) is 14.1. The number of halogens is 1. The van der Waals surface area contributed by atoms with Crippen LogP contribution in [0.15, 0.2) is 12.1 Å². The molecule has 0 aliphatic heterocycles. The van der Waals surface area contributed by atoms with Gasteiger partial charge in [-0.15, -0.1) is 0 Å². The number of hydrogen-bond acceptors (Lipinski definition) is 4. The van der Waals surface area contributed by atoms with Crippen molar-refractivity contribution in [2.24, 2.45) is 0 Å². The third kappa shape index (κ3) is 7.71. The molecule has 0 aliphatic rings. The number of nitrogens with one attached hydrogen (secondary N) is 2. The maximum Gasteiger partial charge on any atom is 0.128 e.